The van der Waals surface area contributed by atoms with E-state index in [0.717, 1.165) is 5.52 Å². The molecule has 0 radical (unpaired) electrons. The maximum Gasteiger partial charge on any atom is 0.167 e. The number of aryl methyl sites for hydroxylation is 2. The normalized spacial score (nSPS) is 11.2. The molecule has 2 aromatic heterocycles. The van der Waals surface area contributed by atoms with Crippen molar-refractivity contribution in [1.29, 1.82) is 0 Å². The Labute approximate surface area is 125 Å². The van der Waals surface area contributed by atoms with Crippen LogP contribution < -0.4 is 4.74 Å². The minimum atomic E-state index is -0.428. The zero-order valence-electron chi connectivity index (χ0n) is 11.5. The average molecular weight is 309 g/mol. The van der Waals surface area contributed by atoms with Crippen molar-refractivity contribution >= 4 is 22.6 Å². The number of methoxy groups -OCH3 is 1. The van der Waals surface area contributed by atoms with Gasteiger partial charge in [0.05, 0.1) is 30.6 Å². The van der Waals surface area contributed by atoms with E-state index < -0.39 is 5.82 Å². The third-order valence-corrected chi connectivity index (χ3v) is 3.57. The molecule has 0 atom stereocenters. The summed E-state index contributed by atoms with van der Waals surface area (Å²) < 4.78 is 22.6. The second kappa shape index (κ2) is 5.73. The highest BCUT2D eigenvalue weighted by molar-refractivity contribution is 6.16. The van der Waals surface area contributed by atoms with Crippen LogP contribution in [0.2, 0.25) is 0 Å². The van der Waals surface area contributed by atoms with Crippen molar-refractivity contribution in [3.8, 4) is 5.75 Å². The monoisotopic (exact) mass is 308 g/mol. The van der Waals surface area contributed by atoms with Gasteiger partial charge >= 0.3 is 0 Å². The first-order valence-corrected chi connectivity index (χ1v) is 7.02. The van der Waals surface area contributed by atoms with Gasteiger partial charge in [-0.15, -0.1) is 11.6 Å². The van der Waals surface area contributed by atoms with Gasteiger partial charge in [0, 0.05) is 31.1 Å². The highest BCUT2D eigenvalue weighted by Crippen LogP contribution is 2.26. The molecule has 0 aliphatic carbocycles. The topological polar surface area (TPSA) is 44.9 Å². The first-order chi connectivity index (χ1) is 10.2. The Morgan fingerprint density at radius 3 is 2.86 bits per heavy atom. The SMILES string of the molecule is COc1cc2c(cc1F)nc(CCl)n2CCn1cccn1. The third kappa shape index (κ3) is 2.58. The molecule has 0 spiro atoms. The summed E-state index contributed by atoms with van der Waals surface area (Å²) in [6.07, 6.45) is 3.62. The second-order valence-electron chi connectivity index (χ2n) is 4.56. The van der Waals surface area contributed by atoms with Gasteiger partial charge in [-0.05, 0) is 6.07 Å². The number of imidazole rings is 1. The van der Waals surface area contributed by atoms with Gasteiger partial charge < -0.3 is 9.30 Å². The Balaban J connectivity index is 2.01. The quantitative estimate of drug-likeness (QED) is 0.681. The summed E-state index contributed by atoms with van der Waals surface area (Å²) >= 11 is 5.95. The first kappa shape index (κ1) is 13.9. The van der Waals surface area contributed by atoms with Crippen molar-refractivity contribution in [3.63, 3.8) is 0 Å². The highest BCUT2D eigenvalue weighted by Gasteiger charge is 2.14. The molecule has 110 valence electrons. The summed E-state index contributed by atoms with van der Waals surface area (Å²) in [6, 6.07) is 4.89. The molecule has 0 saturated heterocycles. The highest BCUT2D eigenvalue weighted by atomic mass is 35.5. The molecule has 0 fully saturated rings. The van der Waals surface area contributed by atoms with Crippen LogP contribution in [0.15, 0.2) is 30.6 Å². The number of benzene rings is 1. The molecule has 0 bridgehead atoms. The van der Waals surface area contributed by atoms with Crippen LogP contribution in [-0.4, -0.2) is 26.4 Å². The van der Waals surface area contributed by atoms with E-state index in [4.69, 9.17) is 16.3 Å². The molecule has 0 aliphatic rings. The molecular weight excluding hydrogens is 295 g/mol. The zero-order valence-corrected chi connectivity index (χ0v) is 12.2. The number of halogens is 2. The maximum atomic E-state index is 13.8. The molecule has 3 rings (SSSR count). The molecule has 0 amide bonds. The Morgan fingerprint density at radius 2 is 2.19 bits per heavy atom. The fourth-order valence-electron chi connectivity index (χ4n) is 2.32. The Bertz CT molecular complexity index is 754. The van der Waals surface area contributed by atoms with Crippen molar-refractivity contribution in [1.82, 2.24) is 19.3 Å². The standard InChI is InChI=1S/C14H14ClFN4O/c1-21-13-8-12-11(7-10(13)16)18-14(9-15)20(12)6-5-19-4-2-3-17-19/h2-4,7-8H,5-6,9H2,1H3. The molecule has 1 aromatic carbocycles. The van der Waals surface area contributed by atoms with Gasteiger partial charge in [-0.25, -0.2) is 9.37 Å². The summed E-state index contributed by atoms with van der Waals surface area (Å²) in [6.45, 7) is 1.33. The molecule has 0 unspecified atom stereocenters. The molecule has 21 heavy (non-hydrogen) atoms. The number of alkyl halides is 1. The van der Waals surface area contributed by atoms with Gasteiger partial charge in [0.25, 0.3) is 0 Å². The predicted molar refractivity (Wildman–Crippen MR) is 78.0 cm³/mol. The van der Waals surface area contributed by atoms with Gasteiger partial charge in [0.1, 0.15) is 5.82 Å². The van der Waals surface area contributed by atoms with E-state index in [-0.39, 0.29) is 11.6 Å². The number of aromatic nitrogens is 4. The fourth-order valence-corrected chi connectivity index (χ4v) is 2.52. The Morgan fingerprint density at radius 1 is 1.33 bits per heavy atom. The van der Waals surface area contributed by atoms with Crippen LogP contribution in [0.4, 0.5) is 4.39 Å². The summed E-state index contributed by atoms with van der Waals surface area (Å²) in [4.78, 5) is 4.37. The smallest absolute Gasteiger partial charge is 0.167 e. The molecule has 0 N–H and O–H groups in total. The lowest BCUT2D eigenvalue weighted by Crippen LogP contribution is -2.10. The Hall–Kier alpha value is -2.08. The molecule has 0 saturated carbocycles. The van der Waals surface area contributed by atoms with Gasteiger partial charge in [0.15, 0.2) is 11.6 Å². The molecule has 5 nitrogen and oxygen atoms in total. The van der Waals surface area contributed by atoms with Gasteiger partial charge in [0.2, 0.25) is 0 Å². The van der Waals surface area contributed by atoms with Gasteiger partial charge in [-0.3, -0.25) is 4.68 Å². The van der Waals surface area contributed by atoms with E-state index in [1.165, 1.54) is 13.2 Å². The lowest BCUT2D eigenvalue weighted by atomic mass is 10.3. The lowest BCUT2D eigenvalue weighted by molar-refractivity contribution is 0.387. The van der Waals surface area contributed by atoms with Crippen molar-refractivity contribution in [2.75, 3.05) is 7.11 Å². The summed E-state index contributed by atoms with van der Waals surface area (Å²) in [7, 11) is 1.44. The molecule has 0 aliphatic heterocycles. The minimum Gasteiger partial charge on any atom is -0.494 e. The largest absolute Gasteiger partial charge is 0.494 e. The maximum absolute atomic E-state index is 13.8. The molecular formula is C14H14ClFN4O. The van der Waals surface area contributed by atoms with E-state index in [0.29, 0.717) is 24.4 Å². The summed E-state index contributed by atoms with van der Waals surface area (Å²) in [5.41, 5.74) is 1.38. The predicted octanol–water partition coefficient (Wildman–Crippen LogP) is 2.82. The first-order valence-electron chi connectivity index (χ1n) is 6.49. The number of nitrogens with zero attached hydrogens (tertiary/aromatic N) is 4. The van der Waals surface area contributed by atoms with Crippen molar-refractivity contribution in [2.24, 2.45) is 0 Å². The van der Waals surface area contributed by atoms with Crippen LogP contribution in [0, 0.1) is 5.82 Å². The molecule has 7 heteroatoms. The third-order valence-electron chi connectivity index (χ3n) is 3.33. The molecule has 3 aromatic rings. The van der Waals surface area contributed by atoms with Crippen LogP contribution >= 0.6 is 11.6 Å². The van der Waals surface area contributed by atoms with E-state index in [9.17, 15) is 4.39 Å². The van der Waals surface area contributed by atoms with E-state index in [1.54, 1.807) is 12.3 Å². The lowest BCUT2D eigenvalue weighted by Gasteiger charge is -2.09. The summed E-state index contributed by atoms with van der Waals surface area (Å²) in [5.74, 6) is 0.732. The summed E-state index contributed by atoms with van der Waals surface area (Å²) in [5, 5.41) is 4.16. The van der Waals surface area contributed by atoms with Crippen molar-refractivity contribution in [2.45, 2.75) is 19.0 Å². The second-order valence-corrected chi connectivity index (χ2v) is 4.83. The number of rotatable bonds is 5. The minimum absolute atomic E-state index is 0.198. The van der Waals surface area contributed by atoms with E-state index >= 15 is 0 Å². The van der Waals surface area contributed by atoms with Crippen molar-refractivity contribution < 1.29 is 9.13 Å². The van der Waals surface area contributed by atoms with E-state index in [2.05, 4.69) is 10.1 Å². The number of ether oxygens (including phenoxy) is 1. The fraction of sp³-hybridized carbons (Fsp3) is 0.286. The molecule has 2 heterocycles. The van der Waals surface area contributed by atoms with Crippen LogP contribution in [0.5, 0.6) is 5.75 Å². The van der Waals surface area contributed by atoms with Crippen molar-refractivity contribution in [3.05, 3.63) is 42.2 Å². The number of hydrogen-bond donors (Lipinski definition) is 0. The average Bonchev–Trinajstić information content (AvgIpc) is 3.11. The Kier molecular flexibility index (Phi) is 3.79. The number of hydrogen-bond acceptors (Lipinski definition) is 3. The van der Waals surface area contributed by atoms with Crippen LogP contribution in [0.25, 0.3) is 11.0 Å². The zero-order chi connectivity index (χ0) is 14.8. The van der Waals surface area contributed by atoms with Crippen LogP contribution in [0.1, 0.15) is 5.82 Å². The van der Waals surface area contributed by atoms with Gasteiger partial charge in [-0.2, -0.15) is 5.10 Å². The van der Waals surface area contributed by atoms with Gasteiger partial charge in [-0.1, -0.05) is 0 Å². The van der Waals surface area contributed by atoms with Crippen LogP contribution in [0.3, 0.4) is 0 Å². The van der Waals surface area contributed by atoms with Crippen LogP contribution in [-0.2, 0) is 19.0 Å². The number of fused-ring (bicyclic) bond motifs is 1. The van der Waals surface area contributed by atoms with E-state index in [1.807, 2.05) is 21.5 Å².